The minimum absolute atomic E-state index is 0.0223. The number of ether oxygens (including phenoxy) is 1. The van der Waals surface area contributed by atoms with Crippen LogP contribution >= 0.6 is 11.6 Å². The van der Waals surface area contributed by atoms with Gasteiger partial charge in [0.1, 0.15) is 11.5 Å². The van der Waals surface area contributed by atoms with Crippen LogP contribution in [0.3, 0.4) is 0 Å². The highest BCUT2D eigenvalue weighted by atomic mass is 35.5. The molecule has 3 heterocycles. The van der Waals surface area contributed by atoms with E-state index in [1.165, 1.54) is 11.0 Å². The third-order valence-electron chi connectivity index (χ3n) is 5.44. The fraction of sp³-hybridized carbons (Fsp3) is 0.250. The summed E-state index contributed by atoms with van der Waals surface area (Å²) in [4.78, 5) is 35.6. The molecule has 9 heteroatoms. The molecule has 4 rings (SSSR count). The van der Waals surface area contributed by atoms with Gasteiger partial charge in [0, 0.05) is 43.4 Å². The zero-order chi connectivity index (χ0) is 23.4. The number of aryl methyl sites for hydroxylation is 1. The van der Waals surface area contributed by atoms with Crippen LogP contribution in [0.1, 0.15) is 30.5 Å². The van der Waals surface area contributed by atoms with Gasteiger partial charge in [0.25, 0.3) is 11.7 Å². The normalized spacial score (nSPS) is 17.5. The highest BCUT2D eigenvalue weighted by Gasteiger charge is 2.45. The number of aliphatic hydroxyl groups excluding tert-OH is 1. The third-order valence-corrected chi connectivity index (χ3v) is 5.74. The number of benzene rings is 1. The van der Waals surface area contributed by atoms with E-state index in [1.807, 2.05) is 17.7 Å². The predicted octanol–water partition coefficient (Wildman–Crippen LogP) is 3.84. The molecular weight excluding hydrogens is 444 g/mol. The molecular formula is C24H23ClN4O4. The zero-order valence-corrected chi connectivity index (χ0v) is 18.8. The molecule has 8 nitrogen and oxygen atoms in total. The lowest BCUT2D eigenvalue weighted by Crippen LogP contribution is -2.31. The van der Waals surface area contributed by atoms with Gasteiger partial charge in [-0.2, -0.15) is 0 Å². The predicted molar refractivity (Wildman–Crippen MR) is 123 cm³/mol. The first-order chi connectivity index (χ1) is 16.0. The Morgan fingerprint density at radius 3 is 2.58 bits per heavy atom. The molecule has 0 unspecified atom stereocenters. The zero-order valence-electron chi connectivity index (χ0n) is 18.0. The van der Waals surface area contributed by atoms with Gasteiger partial charge in [-0.05, 0) is 49.2 Å². The van der Waals surface area contributed by atoms with Gasteiger partial charge in [-0.25, -0.2) is 4.98 Å². The molecule has 2 aromatic heterocycles. The van der Waals surface area contributed by atoms with E-state index >= 15 is 0 Å². The summed E-state index contributed by atoms with van der Waals surface area (Å²) < 4.78 is 7.35. The van der Waals surface area contributed by atoms with Gasteiger partial charge < -0.3 is 19.3 Å². The summed E-state index contributed by atoms with van der Waals surface area (Å²) >= 11 is 6.29. The molecule has 0 bridgehead atoms. The highest BCUT2D eigenvalue weighted by Crippen LogP contribution is 2.40. The third kappa shape index (κ3) is 4.61. The standard InChI is InChI=1S/C24H23ClN4O4/c1-2-33-19-5-4-17(14-18(19)25)22(30)20-21(16-6-8-26-9-7-16)29(24(32)23(20)31)12-3-11-28-13-10-27-15-28/h4-10,13-15,21,30H,2-3,11-12H2,1H3/b22-20+/t21-/m0/s1. The Morgan fingerprint density at radius 2 is 1.91 bits per heavy atom. The second-order valence-electron chi connectivity index (χ2n) is 7.51. The van der Waals surface area contributed by atoms with Crippen molar-refractivity contribution in [2.45, 2.75) is 25.9 Å². The summed E-state index contributed by atoms with van der Waals surface area (Å²) in [7, 11) is 0. The van der Waals surface area contributed by atoms with Gasteiger partial charge in [-0.1, -0.05) is 11.6 Å². The molecule has 1 aliphatic heterocycles. The molecule has 0 spiro atoms. The first-order valence-corrected chi connectivity index (χ1v) is 11.0. The maximum absolute atomic E-state index is 13.1. The molecule has 170 valence electrons. The van der Waals surface area contributed by atoms with Gasteiger partial charge in [-0.15, -0.1) is 0 Å². The maximum atomic E-state index is 13.1. The Hall–Kier alpha value is -3.65. The Morgan fingerprint density at radius 1 is 1.12 bits per heavy atom. The number of halogens is 1. The van der Waals surface area contributed by atoms with Crippen molar-refractivity contribution in [1.29, 1.82) is 0 Å². The Balaban J connectivity index is 1.71. The van der Waals surface area contributed by atoms with Crippen LogP contribution in [0.5, 0.6) is 5.75 Å². The van der Waals surface area contributed by atoms with Gasteiger partial charge in [0.05, 0.1) is 29.6 Å². The average Bonchev–Trinajstić information content (AvgIpc) is 3.43. The summed E-state index contributed by atoms with van der Waals surface area (Å²) in [6.45, 7) is 3.25. The van der Waals surface area contributed by atoms with Gasteiger partial charge in [0.2, 0.25) is 0 Å². The van der Waals surface area contributed by atoms with Gasteiger partial charge in [0.15, 0.2) is 0 Å². The molecule has 1 saturated heterocycles. The highest BCUT2D eigenvalue weighted by molar-refractivity contribution is 6.46. The monoisotopic (exact) mass is 466 g/mol. The van der Waals surface area contributed by atoms with Crippen LogP contribution in [0.2, 0.25) is 5.02 Å². The molecule has 33 heavy (non-hydrogen) atoms. The number of likely N-dealkylation sites (tertiary alicyclic amines) is 1. The summed E-state index contributed by atoms with van der Waals surface area (Å²) in [6, 6.07) is 7.50. The number of hydrogen-bond donors (Lipinski definition) is 1. The van der Waals surface area contributed by atoms with E-state index in [4.69, 9.17) is 16.3 Å². The number of hydrogen-bond acceptors (Lipinski definition) is 6. The minimum atomic E-state index is -0.735. The molecule has 1 atom stereocenters. The van der Waals surface area contributed by atoms with E-state index in [-0.39, 0.29) is 11.3 Å². The SMILES string of the molecule is CCOc1ccc(/C(O)=C2\C(=O)C(=O)N(CCCn3ccnc3)[C@H]2c2ccncc2)cc1Cl. The van der Waals surface area contributed by atoms with Gasteiger partial charge in [-0.3, -0.25) is 14.6 Å². The van der Waals surface area contributed by atoms with Crippen molar-refractivity contribution in [3.05, 3.63) is 83.2 Å². The number of ketones is 1. The Labute approximate surface area is 196 Å². The minimum Gasteiger partial charge on any atom is -0.507 e. The molecule has 1 N–H and O–H groups in total. The van der Waals surface area contributed by atoms with Crippen LogP contribution in [-0.4, -0.2) is 49.4 Å². The van der Waals surface area contributed by atoms with E-state index in [1.54, 1.807) is 49.2 Å². The van der Waals surface area contributed by atoms with E-state index < -0.39 is 17.7 Å². The first kappa shape index (κ1) is 22.5. The topological polar surface area (TPSA) is 97.6 Å². The van der Waals surface area contributed by atoms with Crippen LogP contribution in [0.25, 0.3) is 5.76 Å². The van der Waals surface area contributed by atoms with Crippen LogP contribution in [-0.2, 0) is 16.1 Å². The lowest BCUT2D eigenvalue weighted by molar-refractivity contribution is -0.139. The molecule has 0 aliphatic carbocycles. The first-order valence-electron chi connectivity index (χ1n) is 10.6. The second kappa shape index (κ2) is 9.87. The van der Waals surface area contributed by atoms with Crippen LogP contribution < -0.4 is 4.74 Å². The van der Waals surface area contributed by atoms with Crippen molar-refractivity contribution in [1.82, 2.24) is 19.4 Å². The van der Waals surface area contributed by atoms with E-state index in [0.29, 0.717) is 48.0 Å². The smallest absolute Gasteiger partial charge is 0.295 e. The summed E-state index contributed by atoms with van der Waals surface area (Å²) in [6.07, 6.45) is 9.02. The second-order valence-corrected chi connectivity index (χ2v) is 7.91. The number of imidazole rings is 1. The number of aliphatic hydroxyl groups is 1. The molecule has 1 aliphatic rings. The molecule has 3 aromatic rings. The van der Waals surface area contributed by atoms with Crippen LogP contribution in [0.15, 0.2) is 67.0 Å². The lowest BCUT2D eigenvalue weighted by atomic mass is 9.96. The fourth-order valence-corrected chi connectivity index (χ4v) is 4.16. The number of carbonyl (C=O) groups excluding carboxylic acids is 2. The molecule has 0 radical (unpaired) electrons. The van der Waals surface area contributed by atoms with E-state index in [2.05, 4.69) is 9.97 Å². The Kier molecular flexibility index (Phi) is 6.74. The number of rotatable bonds is 8. The molecule has 1 aromatic carbocycles. The number of carbonyl (C=O) groups is 2. The lowest BCUT2D eigenvalue weighted by Gasteiger charge is -2.25. The van der Waals surface area contributed by atoms with Crippen molar-refractivity contribution in [2.75, 3.05) is 13.2 Å². The number of amides is 1. The average molecular weight is 467 g/mol. The molecule has 1 fully saturated rings. The van der Waals surface area contributed by atoms with Crippen LogP contribution in [0.4, 0.5) is 0 Å². The Bertz CT molecular complexity index is 1180. The number of aromatic nitrogens is 3. The quantitative estimate of drug-likeness (QED) is 0.308. The number of pyridine rings is 1. The number of Topliss-reactive ketones (excluding diaryl/α,β-unsaturated/α-hetero) is 1. The van der Waals surface area contributed by atoms with Crippen molar-refractivity contribution >= 4 is 29.1 Å². The van der Waals surface area contributed by atoms with Crippen molar-refractivity contribution in [3.63, 3.8) is 0 Å². The largest absolute Gasteiger partial charge is 0.507 e. The van der Waals surface area contributed by atoms with E-state index in [0.717, 1.165) is 0 Å². The summed E-state index contributed by atoms with van der Waals surface area (Å²) in [5.41, 5.74) is 1.04. The summed E-state index contributed by atoms with van der Waals surface area (Å²) in [5, 5.41) is 11.4. The summed E-state index contributed by atoms with van der Waals surface area (Å²) in [5.74, 6) is -1.19. The van der Waals surface area contributed by atoms with Crippen LogP contribution in [0, 0.1) is 0 Å². The van der Waals surface area contributed by atoms with Crippen molar-refractivity contribution < 1.29 is 19.4 Å². The van der Waals surface area contributed by atoms with Crippen molar-refractivity contribution in [2.24, 2.45) is 0 Å². The molecule has 1 amide bonds. The molecule has 0 saturated carbocycles. The van der Waals surface area contributed by atoms with E-state index in [9.17, 15) is 14.7 Å². The van der Waals surface area contributed by atoms with Crippen molar-refractivity contribution in [3.8, 4) is 5.75 Å². The maximum Gasteiger partial charge on any atom is 0.295 e. The number of nitrogens with zero attached hydrogens (tertiary/aromatic N) is 4. The van der Waals surface area contributed by atoms with Gasteiger partial charge >= 0.3 is 0 Å². The fourth-order valence-electron chi connectivity index (χ4n) is 3.92.